The molecule has 16 heavy (non-hydrogen) atoms. The number of carbonyl (C=O) groups excluding carboxylic acids is 1. The van der Waals surface area contributed by atoms with Gasteiger partial charge >= 0.3 is 0 Å². The second-order valence-corrected chi connectivity index (χ2v) is 4.57. The van der Waals surface area contributed by atoms with E-state index in [9.17, 15) is 4.79 Å². The van der Waals surface area contributed by atoms with Gasteiger partial charge in [-0.3, -0.25) is 4.79 Å². The molecule has 0 spiro atoms. The standard InChI is InChI=1S/C13H18BrNO/c1-3-4-10(2)13(16)15-12-7-5-11(9-14)6-8-12/h5-8,10H,3-4,9H2,1-2H3,(H,15,16). The Morgan fingerprint density at radius 3 is 2.50 bits per heavy atom. The summed E-state index contributed by atoms with van der Waals surface area (Å²) >= 11 is 3.39. The van der Waals surface area contributed by atoms with Gasteiger partial charge in [0.1, 0.15) is 0 Å². The smallest absolute Gasteiger partial charge is 0.227 e. The number of benzene rings is 1. The van der Waals surface area contributed by atoms with Gasteiger partial charge in [0.25, 0.3) is 0 Å². The Bertz CT molecular complexity index is 334. The summed E-state index contributed by atoms with van der Waals surface area (Å²) in [6, 6.07) is 7.89. The van der Waals surface area contributed by atoms with Gasteiger partial charge in [0.15, 0.2) is 0 Å². The molecule has 0 radical (unpaired) electrons. The van der Waals surface area contributed by atoms with E-state index in [1.165, 1.54) is 5.56 Å². The lowest BCUT2D eigenvalue weighted by Crippen LogP contribution is -2.20. The Kier molecular flexibility index (Phi) is 5.53. The van der Waals surface area contributed by atoms with Crippen molar-refractivity contribution in [2.24, 2.45) is 5.92 Å². The number of halogens is 1. The number of nitrogens with one attached hydrogen (secondary N) is 1. The van der Waals surface area contributed by atoms with Crippen molar-refractivity contribution in [3.8, 4) is 0 Å². The highest BCUT2D eigenvalue weighted by molar-refractivity contribution is 9.08. The first-order valence-electron chi connectivity index (χ1n) is 5.63. The van der Waals surface area contributed by atoms with Crippen LogP contribution in [-0.2, 0) is 10.1 Å². The van der Waals surface area contributed by atoms with E-state index in [4.69, 9.17) is 0 Å². The lowest BCUT2D eigenvalue weighted by molar-refractivity contribution is -0.119. The Morgan fingerprint density at radius 2 is 2.00 bits per heavy atom. The predicted octanol–water partition coefficient (Wildman–Crippen LogP) is 3.96. The molecule has 1 aromatic rings. The summed E-state index contributed by atoms with van der Waals surface area (Å²) in [7, 11) is 0. The summed E-state index contributed by atoms with van der Waals surface area (Å²) in [6.45, 7) is 4.06. The zero-order valence-electron chi connectivity index (χ0n) is 9.79. The molecule has 1 unspecified atom stereocenters. The molecule has 2 nitrogen and oxygen atoms in total. The van der Waals surface area contributed by atoms with Crippen LogP contribution in [-0.4, -0.2) is 5.91 Å². The lowest BCUT2D eigenvalue weighted by atomic mass is 10.1. The van der Waals surface area contributed by atoms with Crippen molar-refractivity contribution in [1.82, 2.24) is 0 Å². The van der Waals surface area contributed by atoms with Gasteiger partial charge < -0.3 is 5.32 Å². The summed E-state index contributed by atoms with van der Waals surface area (Å²) in [6.07, 6.45) is 1.97. The predicted molar refractivity (Wildman–Crippen MR) is 71.8 cm³/mol. The van der Waals surface area contributed by atoms with Crippen molar-refractivity contribution < 1.29 is 4.79 Å². The van der Waals surface area contributed by atoms with Crippen LogP contribution in [0.2, 0.25) is 0 Å². The van der Waals surface area contributed by atoms with Crippen molar-refractivity contribution in [3.05, 3.63) is 29.8 Å². The topological polar surface area (TPSA) is 29.1 Å². The van der Waals surface area contributed by atoms with Crippen LogP contribution in [0.5, 0.6) is 0 Å². The fourth-order valence-corrected chi connectivity index (χ4v) is 1.88. The quantitative estimate of drug-likeness (QED) is 0.815. The van der Waals surface area contributed by atoms with Crippen LogP contribution < -0.4 is 5.32 Å². The molecule has 0 aromatic heterocycles. The minimum absolute atomic E-state index is 0.0841. The number of amides is 1. The Hall–Kier alpha value is -0.830. The van der Waals surface area contributed by atoms with Crippen LogP contribution in [0.4, 0.5) is 5.69 Å². The zero-order chi connectivity index (χ0) is 12.0. The first-order chi connectivity index (χ1) is 7.67. The Balaban J connectivity index is 2.55. The molecule has 88 valence electrons. The molecule has 0 aliphatic heterocycles. The largest absolute Gasteiger partial charge is 0.326 e. The molecule has 1 N–H and O–H groups in total. The average Bonchev–Trinajstić information content (AvgIpc) is 2.30. The molecule has 0 bridgehead atoms. The van der Waals surface area contributed by atoms with E-state index in [0.29, 0.717) is 0 Å². The second kappa shape index (κ2) is 6.69. The molecule has 1 rings (SSSR count). The van der Waals surface area contributed by atoms with Gasteiger partial charge in [-0.2, -0.15) is 0 Å². The van der Waals surface area contributed by atoms with E-state index in [1.54, 1.807) is 0 Å². The van der Waals surface area contributed by atoms with Crippen LogP contribution >= 0.6 is 15.9 Å². The number of carbonyl (C=O) groups is 1. The van der Waals surface area contributed by atoms with Crippen molar-refractivity contribution in [1.29, 1.82) is 0 Å². The number of anilines is 1. The zero-order valence-corrected chi connectivity index (χ0v) is 11.4. The molecule has 1 atom stereocenters. The van der Waals surface area contributed by atoms with Gasteiger partial charge in [-0.15, -0.1) is 0 Å². The van der Waals surface area contributed by atoms with Gasteiger partial charge in [0, 0.05) is 16.9 Å². The maximum absolute atomic E-state index is 11.7. The van der Waals surface area contributed by atoms with Gasteiger partial charge in [0.2, 0.25) is 5.91 Å². The van der Waals surface area contributed by atoms with E-state index in [2.05, 4.69) is 28.2 Å². The van der Waals surface area contributed by atoms with Gasteiger partial charge in [-0.25, -0.2) is 0 Å². The first kappa shape index (κ1) is 13.2. The molecular weight excluding hydrogens is 266 g/mol. The van der Waals surface area contributed by atoms with Gasteiger partial charge in [0.05, 0.1) is 0 Å². The molecule has 0 aliphatic rings. The van der Waals surface area contributed by atoms with Crippen molar-refractivity contribution >= 4 is 27.5 Å². The van der Waals surface area contributed by atoms with Crippen molar-refractivity contribution in [3.63, 3.8) is 0 Å². The van der Waals surface area contributed by atoms with Crippen LogP contribution in [0.1, 0.15) is 32.3 Å². The molecule has 0 heterocycles. The molecule has 0 saturated carbocycles. The van der Waals surface area contributed by atoms with E-state index in [-0.39, 0.29) is 11.8 Å². The monoisotopic (exact) mass is 283 g/mol. The highest BCUT2D eigenvalue weighted by Crippen LogP contribution is 2.14. The van der Waals surface area contributed by atoms with Crippen LogP contribution in [0.3, 0.4) is 0 Å². The first-order valence-corrected chi connectivity index (χ1v) is 6.75. The number of rotatable bonds is 5. The van der Waals surface area contributed by atoms with Gasteiger partial charge in [-0.1, -0.05) is 48.3 Å². The highest BCUT2D eigenvalue weighted by atomic mass is 79.9. The van der Waals surface area contributed by atoms with E-state index >= 15 is 0 Å². The van der Waals surface area contributed by atoms with Gasteiger partial charge in [-0.05, 0) is 24.1 Å². The molecular formula is C13H18BrNO. The van der Waals surface area contributed by atoms with Crippen LogP contribution in [0, 0.1) is 5.92 Å². The van der Waals surface area contributed by atoms with E-state index in [0.717, 1.165) is 23.9 Å². The fraction of sp³-hybridized carbons (Fsp3) is 0.462. The third kappa shape index (κ3) is 3.97. The Morgan fingerprint density at radius 1 is 1.38 bits per heavy atom. The minimum Gasteiger partial charge on any atom is -0.326 e. The molecule has 1 aromatic carbocycles. The molecule has 0 saturated heterocycles. The molecule has 0 fully saturated rings. The summed E-state index contributed by atoms with van der Waals surface area (Å²) in [5, 5.41) is 3.76. The summed E-state index contributed by atoms with van der Waals surface area (Å²) < 4.78 is 0. The van der Waals surface area contributed by atoms with Crippen LogP contribution in [0.25, 0.3) is 0 Å². The molecule has 3 heteroatoms. The fourth-order valence-electron chi connectivity index (χ4n) is 1.51. The molecule has 0 aliphatic carbocycles. The lowest BCUT2D eigenvalue weighted by Gasteiger charge is -2.11. The molecule has 1 amide bonds. The van der Waals surface area contributed by atoms with Crippen molar-refractivity contribution in [2.75, 3.05) is 5.32 Å². The second-order valence-electron chi connectivity index (χ2n) is 4.01. The SMILES string of the molecule is CCCC(C)C(=O)Nc1ccc(CBr)cc1. The minimum atomic E-state index is 0.0841. The summed E-state index contributed by atoms with van der Waals surface area (Å²) in [5.41, 5.74) is 2.08. The number of hydrogen-bond acceptors (Lipinski definition) is 1. The third-order valence-electron chi connectivity index (χ3n) is 2.55. The van der Waals surface area contributed by atoms with Crippen LogP contribution in [0.15, 0.2) is 24.3 Å². The normalized spacial score (nSPS) is 12.2. The number of alkyl halides is 1. The highest BCUT2D eigenvalue weighted by Gasteiger charge is 2.11. The van der Waals surface area contributed by atoms with E-state index in [1.807, 2.05) is 31.2 Å². The maximum Gasteiger partial charge on any atom is 0.227 e. The number of hydrogen-bond donors (Lipinski definition) is 1. The summed E-state index contributed by atoms with van der Waals surface area (Å²) in [5.74, 6) is 0.189. The maximum atomic E-state index is 11.7. The third-order valence-corrected chi connectivity index (χ3v) is 3.19. The van der Waals surface area contributed by atoms with E-state index < -0.39 is 0 Å². The average molecular weight is 284 g/mol. The van der Waals surface area contributed by atoms with Crippen molar-refractivity contribution in [2.45, 2.75) is 32.0 Å². The Labute approximate surface area is 106 Å². The summed E-state index contributed by atoms with van der Waals surface area (Å²) in [4.78, 5) is 11.7.